The Morgan fingerprint density at radius 2 is 2.31 bits per heavy atom. The number of hydrogen-bond donors (Lipinski definition) is 2. The number of pyridine rings is 1. The van der Waals surface area contributed by atoms with Crippen molar-refractivity contribution in [3.8, 4) is 0 Å². The first-order valence-corrected chi connectivity index (χ1v) is 5.18. The molecule has 0 fully saturated rings. The molecule has 84 valence electrons. The minimum atomic E-state index is 0.677. The van der Waals surface area contributed by atoms with Crippen LogP contribution in [-0.4, -0.2) is 21.1 Å². The van der Waals surface area contributed by atoms with Crippen molar-refractivity contribution < 1.29 is 0 Å². The zero-order chi connectivity index (χ0) is 11.4. The van der Waals surface area contributed by atoms with Gasteiger partial charge in [-0.25, -0.2) is 9.97 Å². The minimum Gasteiger partial charge on any atom is -0.396 e. The molecule has 0 aromatic carbocycles. The number of imidazole rings is 1. The van der Waals surface area contributed by atoms with Crippen LogP contribution >= 0.6 is 0 Å². The molecule has 0 saturated carbocycles. The number of nitrogens with two attached hydrogens (primary N) is 1. The molecular weight excluding hydrogens is 202 g/mol. The fourth-order valence-electron chi connectivity index (χ4n) is 1.43. The van der Waals surface area contributed by atoms with Crippen LogP contribution in [0.1, 0.15) is 5.69 Å². The minimum absolute atomic E-state index is 0.677. The standard InChI is InChI=1S/C11H15N5/c1-9-2-3-10(12)11(15-9)14-5-7-16-6-4-13-8-16/h2-4,6,8H,5,7,12H2,1H3,(H,14,15). The van der Waals surface area contributed by atoms with E-state index < -0.39 is 0 Å². The Kier molecular flexibility index (Phi) is 3.05. The summed E-state index contributed by atoms with van der Waals surface area (Å²) in [5, 5.41) is 3.21. The summed E-state index contributed by atoms with van der Waals surface area (Å²) in [5.41, 5.74) is 7.44. The lowest BCUT2D eigenvalue weighted by Gasteiger charge is -2.09. The number of nitrogens with zero attached hydrogens (tertiary/aromatic N) is 3. The number of nitrogens with one attached hydrogen (secondary N) is 1. The molecule has 5 heteroatoms. The quantitative estimate of drug-likeness (QED) is 0.809. The monoisotopic (exact) mass is 217 g/mol. The highest BCUT2D eigenvalue weighted by molar-refractivity contribution is 5.61. The number of aromatic nitrogens is 3. The first kappa shape index (κ1) is 10.5. The van der Waals surface area contributed by atoms with E-state index in [1.807, 2.05) is 29.8 Å². The molecule has 0 bridgehead atoms. The summed E-state index contributed by atoms with van der Waals surface area (Å²) in [5.74, 6) is 0.750. The fraction of sp³-hybridized carbons (Fsp3) is 0.273. The molecule has 0 saturated heterocycles. The third-order valence-corrected chi connectivity index (χ3v) is 2.29. The third kappa shape index (κ3) is 2.50. The van der Waals surface area contributed by atoms with Crippen molar-refractivity contribution in [1.29, 1.82) is 0 Å². The van der Waals surface area contributed by atoms with Gasteiger partial charge in [0, 0.05) is 31.2 Å². The Morgan fingerprint density at radius 3 is 3.06 bits per heavy atom. The molecular formula is C11H15N5. The fourth-order valence-corrected chi connectivity index (χ4v) is 1.43. The van der Waals surface area contributed by atoms with Gasteiger partial charge in [0.2, 0.25) is 0 Å². The highest BCUT2D eigenvalue weighted by Gasteiger charge is 1.99. The number of rotatable bonds is 4. The van der Waals surface area contributed by atoms with Gasteiger partial charge in [-0.15, -0.1) is 0 Å². The van der Waals surface area contributed by atoms with Crippen LogP contribution < -0.4 is 11.1 Å². The third-order valence-electron chi connectivity index (χ3n) is 2.29. The largest absolute Gasteiger partial charge is 0.396 e. The van der Waals surface area contributed by atoms with Gasteiger partial charge in [-0.1, -0.05) is 0 Å². The van der Waals surface area contributed by atoms with E-state index in [0.717, 1.165) is 24.6 Å². The summed E-state index contributed by atoms with van der Waals surface area (Å²) >= 11 is 0. The lowest BCUT2D eigenvalue weighted by Crippen LogP contribution is -2.11. The predicted octanol–water partition coefficient (Wildman–Crippen LogP) is 1.28. The molecule has 3 N–H and O–H groups in total. The molecule has 2 aromatic heterocycles. The van der Waals surface area contributed by atoms with Gasteiger partial charge in [0.1, 0.15) is 5.82 Å². The Bertz CT molecular complexity index is 449. The van der Waals surface area contributed by atoms with Crippen molar-refractivity contribution in [2.24, 2.45) is 0 Å². The van der Waals surface area contributed by atoms with Crippen molar-refractivity contribution in [1.82, 2.24) is 14.5 Å². The molecule has 0 unspecified atom stereocenters. The molecule has 2 heterocycles. The van der Waals surface area contributed by atoms with Crippen molar-refractivity contribution in [3.05, 3.63) is 36.5 Å². The number of anilines is 2. The normalized spacial score (nSPS) is 10.3. The van der Waals surface area contributed by atoms with Crippen LogP contribution in [0.2, 0.25) is 0 Å². The average molecular weight is 217 g/mol. The van der Waals surface area contributed by atoms with Crippen LogP contribution in [0, 0.1) is 6.92 Å². The second-order valence-electron chi connectivity index (χ2n) is 3.62. The van der Waals surface area contributed by atoms with Crippen LogP contribution in [0.4, 0.5) is 11.5 Å². The molecule has 0 aliphatic rings. The summed E-state index contributed by atoms with van der Waals surface area (Å²) in [4.78, 5) is 8.30. The molecule has 0 aliphatic heterocycles. The van der Waals surface area contributed by atoms with E-state index in [9.17, 15) is 0 Å². The Hall–Kier alpha value is -2.04. The van der Waals surface area contributed by atoms with Gasteiger partial charge in [0.05, 0.1) is 12.0 Å². The Labute approximate surface area is 94.3 Å². The van der Waals surface area contributed by atoms with Gasteiger partial charge in [-0.05, 0) is 19.1 Å². The van der Waals surface area contributed by atoms with E-state index in [4.69, 9.17) is 5.73 Å². The smallest absolute Gasteiger partial charge is 0.149 e. The van der Waals surface area contributed by atoms with Crippen LogP contribution in [-0.2, 0) is 6.54 Å². The zero-order valence-electron chi connectivity index (χ0n) is 9.22. The van der Waals surface area contributed by atoms with Crippen molar-refractivity contribution in [2.45, 2.75) is 13.5 Å². The first-order valence-electron chi connectivity index (χ1n) is 5.18. The second-order valence-corrected chi connectivity index (χ2v) is 3.62. The summed E-state index contributed by atoms with van der Waals surface area (Å²) in [6.45, 7) is 3.56. The van der Waals surface area contributed by atoms with Crippen molar-refractivity contribution in [2.75, 3.05) is 17.6 Å². The van der Waals surface area contributed by atoms with Crippen molar-refractivity contribution >= 4 is 11.5 Å². The van der Waals surface area contributed by atoms with E-state index in [0.29, 0.717) is 5.69 Å². The SMILES string of the molecule is Cc1ccc(N)c(NCCn2ccnc2)n1. The second kappa shape index (κ2) is 4.65. The highest BCUT2D eigenvalue weighted by atomic mass is 15.1. The van der Waals surface area contributed by atoms with Gasteiger partial charge in [0.15, 0.2) is 0 Å². The van der Waals surface area contributed by atoms with Crippen LogP contribution in [0.15, 0.2) is 30.9 Å². The van der Waals surface area contributed by atoms with Gasteiger partial charge in [-0.2, -0.15) is 0 Å². The molecule has 0 aliphatic carbocycles. The molecule has 0 radical (unpaired) electrons. The maximum absolute atomic E-state index is 5.80. The highest BCUT2D eigenvalue weighted by Crippen LogP contribution is 2.14. The maximum atomic E-state index is 5.80. The number of nitrogen functional groups attached to an aromatic ring is 1. The molecule has 16 heavy (non-hydrogen) atoms. The van der Waals surface area contributed by atoms with E-state index in [1.165, 1.54) is 0 Å². The van der Waals surface area contributed by atoms with Gasteiger partial charge in [0.25, 0.3) is 0 Å². The summed E-state index contributed by atoms with van der Waals surface area (Å²) in [7, 11) is 0. The van der Waals surface area contributed by atoms with Gasteiger partial charge in [-0.3, -0.25) is 0 Å². The topological polar surface area (TPSA) is 68.8 Å². The molecule has 0 amide bonds. The number of aryl methyl sites for hydroxylation is 1. The van der Waals surface area contributed by atoms with Crippen molar-refractivity contribution in [3.63, 3.8) is 0 Å². The Morgan fingerprint density at radius 1 is 1.44 bits per heavy atom. The van der Waals surface area contributed by atoms with Crippen LogP contribution in [0.25, 0.3) is 0 Å². The zero-order valence-corrected chi connectivity index (χ0v) is 9.22. The summed E-state index contributed by atoms with van der Waals surface area (Å²) < 4.78 is 2.00. The van der Waals surface area contributed by atoms with Crippen LogP contribution in [0.5, 0.6) is 0 Å². The Balaban J connectivity index is 1.92. The molecule has 2 rings (SSSR count). The van der Waals surface area contributed by atoms with E-state index in [-0.39, 0.29) is 0 Å². The lowest BCUT2D eigenvalue weighted by atomic mass is 10.3. The van der Waals surface area contributed by atoms with E-state index in [2.05, 4.69) is 15.3 Å². The lowest BCUT2D eigenvalue weighted by molar-refractivity contribution is 0.725. The van der Waals surface area contributed by atoms with Gasteiger partial charge >= 0.3 is 0 Å². The molecule has 0 spiro atoms. The van der Waals surface area contributed by atoms with Crippen LogP contribution in [0.3, 0.4) is 0 Å². The molecule has 2 aromatic rings. The van der Waals surface area contributed by atoms with Gasteiger partial charge < -0.3 is 15.6 Å². The summed E-state index contributed by atoms with van der Waals surface area (Å²) in [6, 6.07) is 3.76. The predicted molar refractivity (Wildman–Crippen MR) is 64.1 cm³/mol. The first-order chi connectivity index (χ1) is 7.75. The molecule has 5 nitrogen and oxygen atoms in total. The summed E-state index contributed by atoms with van der Waals surface area (Å²) in [6.07, 6.45) is 5.47. The van der Waals surface area contributed by atoms with E-state index in [1.54, 1.807) is 12.5 Å². The average Bonchev–Trinajstić information content (AvgIpc) is 2.76. The van der Waals surface area contributed by atoms with E-state index >= 15 is 0 Å². The maximum Gasteiger partial charge on any atom is 0.149 e. The number of hydrogen-bond acceptors (Lipinski definition) is 4. The molecule has 0 atom stereocenters.